The number of alkyl halides is 5. The molecular weight excluding hydrogens is 363 g/mol. The molecule has 3 rings (SSSR count). The van der Waals surface area contributed by atoms with Gasteiger partial charge in [-0.2, -0.15) is 17.6 Å². The van der Waals surface area contributed by atoms with Gasteiger partial charge in [0.2, 0.25) is 5.43 Å². The summed E-state index contributed by atoms with van der Waals surface area (Å²) in [5.74, 6) is -13.5. The summed E-state index contributed by atoms with van der Waals surface area (Å²) < 4.78 is 63.6. The Balaban J connectivity index is 0.000000199. The molecule has 1 aromatic heterocycles. The highest BCUT2D eigenvalue weighted by molar-refractivity contribution is 5.89. The summed E-state index contributed by atoms with van der Waals surface area (Å²) in [5, 5.41) is 8.78. The third-order valence-electron chi connectivity index (χ3n) is 3.38. The molecule has 0 spiro atoms. The van der Waals surface area contributed by atoms with Crippen LogP contribution in [0.3, 0.4) is 0 Å². The Labute approximate surface area is 142 Å². The molecule has 0 aliphatic heterocycles. The van der Waals surface area contributed by atoms with Gasteiger partial charge in [0.05, 0.1) is 10.8 Å². The Morgan fingerprint density at radius 1 is 0.923 bits per heavy atom. The van der Waals surface area contributed by atoms with Crippen molar-refractivity contribution in [2.75, 3.05) is 6.67 Å². The normalized spacial score (nSPS) is 11.9. The van der Waals surface area contributed by atoms with Gasteiger partial charge in [-0.25, -0.2) is 9.18 Å². The van der Waals surface area contributed by atoms with E-state index < -0.39 is 24.5 Å². The van der Waals surface area contributed by atoms with Crippen LogP contribution in [0, 0.1) is 0 Å². The molecule has 0 aliphatic rings. The summed E-state index contributed by atoms with van der Waals surface area (Å²) in [6.45, 7) is -2.70. The summed E-state index contributed by atoms with van der Waals surface area (Å²) in [7, 11) is 0. The third kappa shape index (κ3) is 3.51. The molecule has 0 saturated carbocycles. The molecule has 4 nitrogen and oxygen atoms in total. The van der Waals surface area contributed by atoms with E-state index in [9.17, 15) is 31.5 Å². The maximum atomic E-state index is 12.0. The van der Waals surface area contributed by atoms with Crippen LogP contribution in [0.15, 0.2) is 57.7 Å². The summed E-state index contributed by atoms with van der Waals surface area (Å²) in [6, 6.07) is 14.6. The lowest BCUT2D eigenvalue weighted by Gasteiger charge is -2.19. The highest BCUT2D eigenvalue weighted by Crippen LogP contribution is 2.34. The number of carbonyl (C=O) groups is 1. The first-order valence-corrected chi connectivity index (χ1v) is 7.07. The van der Waals surface area contributed by atoms with E-state index in [2.05, 4.69) is 0 Å². The first-order chi connectivity index (χ1) is 12.1. The van der Waals surface area contributed by atoms with Crippen LogP contribution in [0.4, 0.5) is 22.0 Å². The fourth-order valence-corrected chi connectivity index (χ4v) is 1.99. The molecule has 0 unspecified atom stereocenters. The van der Waals surface area contributed by atoms with Gasteiger partial charge in [-0.05, 0) is 24.3 Å². The van der Waals surface area contributed by atoms with Crippen molar-refractivity contribution in [2.45, 2.75) is 11.8 Å². The summed E-state index contributed by atoms with van der Waals surface area (Å²) in [5.41, 5.74) is 1.31. The molecule has 0 fully saturated rings. The predicted octanol–water partition coefficient (Wildman–Crippen LogP) is 4.26. The van der Waals surface area contributed by atoms with Gasteiger partial charge in [-0.1, -0.05) is 24.3 Å². The molecule has 9 heteroatoms. The van der Waals surface area contributed by atoms with E-state index in [0.717, 1.165) is 0 Å². The first-order valence-electron chi connectivity index (χ1n) is 7.07. The summed E-state index contributed by atoms with van der Waals surface area (Å²) >= 11 is 0. The van der Waals surface area contributed by atoms with Gasteiger partial charge in [0.25, 0.3) is 0 Å². The zero-order chi connectivity index (χ0) is 19.5. The van der Waals surface area contributed by atoms with Gasteiger partial charge in [0, 0.05) is 0 Å². The fraction of sp³-hybridized carbons (Fsp3) is 0.176. The first kappa shape index (κ1) is 19.4. The number of carboxylic acid groups (broad SMARTS) is 1. The molecule has 0 atom stereocenters. The molecular formula is C17H11F5O4. The van der Waals surface area contributed by atoms with Crippen molar-refractivity contribution in [3.8, 4) is 0 Å². The van der Waals surface area contributed by atoms with Gasteiger partial charge in [-0.3, -0.25) is 4.79 Å². The average Bonchev–Trinajstić information content (AvgIpc) is 2.62. The van der Waals surface area contributed by atoms with E-state index in [4.69, 9.17) is 9.52 Å². The van der Waals surface area contributed by atoms with Gasteiger partial charge in [0.1, 0.15) is 11.2 Å². The van der Waals surface area contributed by atoms with Crippen molar-refractivity contribution in [1.82, 2.24) is 0 Å². The van der Waals surface area contributed by atoms with E-state index in [0.29, 0.717) is 21.9 Å². The number of para-hydroxylation sites is 2. The maximum absolute atomic E-state index is 12.0. The van der Waals surface area contributed by atoms with Crippen LogP contribution in [0.1, 0.15) is 0 Å². The monoisotopic (exact) mass is 374 g/mol. The molecule has 0 aliphatic carbocycles. The number of benzene rings is 2. The zero-order valence-electron chi connectivity index (χ0n) is 12.9. The fourth-order valence-electron chi connectivity index (χ4n) is 1.99. The number of aliphatic carboxylic acids is 1. The molecule has 0 bridgehead atoms. The van der Waals surface area contributed by atoms with Crippen molar-refractivity contribution < 1.29 is 36.3 Å². The van der Waals surface area contributed by atoms with Crippen LogP contribution in [0.25, 0.3) is 21.9 Å². The van der Waals surface area contributed by atoms with Crippen LogP contribution in [0.2, 0.25) is 0 Å². The molecule has 0 amide bonds. The second-order valence-corrected chi connectivity index (χ2v) is 5.14. The zero-order valence-corrected chi connectivity index (χ0v) is 12.9. The predicted molar refractivity (Wildman–Crippen MR) is 83.5 cm³/mol. The van der Waals surface area contributed by atoms with E-state index in [1.54, 1.807) is 12.1 Å². The number of hydrogen-bond acceptors (Lipinski definition) is 3. The van der Waals surface area contributed by atoms with Crippen LogP contribution in [-0.4, -0.2) is 29.6 Å². The van der Waals surface area contributed by atoms with E-state index in [1.807, 2.05) is 36.4 Å². The van der Waals surface area contributed by atoms with Gasteiger partial charge in [0.15, 0.2) is 6.67 Å². The molecule has 138 valence electrons. The minimum atomic E-state index is -5.35. The molecule has 0 saturated heterocycles. The lowest BCUT2D eigenvalue weighted by Crippen LogP contribution is -2.48. The minimum Gasteiger partial charge on any atom is -0.477 e. The Morgan fingerprint density at radius 2 is 1.35 bits per heavy atom. The highest BCUT2D eigenvalue weighted by Gasteiger charge is 2.62. The second kappa shape index (κ2) is 7.11. The Kier molecular flexibility index (Phi) is 5.29. The number of halogens is 5. The molecule has 0 radical (unpaired) electrons. The molecule has 3 aromatic rings. The molecule has 2 aromatic carbocycles. The minimum absolute atomic E-state index is 0.0347. The summed E-state index contributed by atoms with van der Waals surface area (Å²) in [4.78, 5) is 21.5. The Hall–Kier alpha value is -2.97. The van der Waals surface area contributed by atoms with Crippen molar-refractivity contribution >= 4 is 27.9 Å². The van der Waals surface area contributed by atoms with Gasteiger partial charge >= 0.3 is 17.8 Å². The smallest absolute Gasteiger partial charge is 0.406 e. The number of fused-ring (bicyclic) bond motifs is 2. The SMILES string of the molecule is O=C(O)C(F)(F)C(F)(F)CF.O=c1c2ccccc2oc2ccccc12. The van der Waals surface area contributed by atoms with Crippen molar-refractivity contribution in [1.29, 1.82) is 0 Å². The number of rotatable bonds is 3. The van der Waals surface area contributed by atoms with E-state index in [1.165, 1.54) is 0 Å². The van der Waals surface area contributed by atoms with Crippen molar-refractivity contribution in [3.05, 3.63) is 58.8 Å². The topological polar surface area (TPSA) is 67.5 Å². The van der Waals surface area contributed by atoms with Crippen LogP contribution < -0.4 is 5.43 Å². The second-order valence-electron chi connectivity index (χ2n) is 5.14. The van der Waals surface area contributed by atoms with Gasteiger partial charge < -0.3 is 9.52 Å². The average molecular weight is 374 g/mol. The van der Waals surface area contributed by atoms with E-state index in [-0.39, 0.29) is 5.43 Å². The largest absolute Gasteiger partial charge is 0.477 e. The Morgan fingerprint density at radius 3 is 1.69 bits per heavy atom. The van der Waals surface area contributed by atoms with Crippen molar-refractivity contribution in [3.63, 3.8) is 0 Å². The molecule has 1 N–H and O–H groups in total. The lowest BCUT2D eigenvalue weighted by molar-refractivity contribution is -0.227. The number of hydrogen-bond donors (Lipinski definition) is 1. The molecule has 26 heavy (non-hydrogen) atoms. The lowest BCUT2D eigenvalue weighted by atomic mass is 10.1. The van der Waals surface area contributed by atoms with Crippen LogP contribution in [0.5, 0.6) is 0 Å². The Bertz CT molecular complexity index is 940. The highest BCUT2D eigenvalue weighted by atomic mass is 19.3. The third-order valence-corrected chi connectivity index (χ3v) is 3.38. The maximum Gasteiger partial charge on any atom is 0.406 e. The van der Waals surface area contributed by atoms with Gasteiger partial charge in [-0.15, -0.1) is 0 Å². The van der Waals surface area contributed by atoms with Crippen LogP contribution >= 0.6 is 0 Å². The van der Waals surface area contributed by atoms with Crippen LogP contribution in [-0.2, 0) is 4.79 Å². The molecule has 1 heterocycles. The van der Waals surface area contributed by atoms with E-state index >= 15 is 0 Å². The van der Waals surface area contributed by atoms with Crippen molar-refractivity contribution in [2.24, 2.45) is 0 Å². The summed E-state index contributed by atoms with van der Waals surface area (Å²) in [6.07, 6.45) is 0. The number of carboxylic acids is 1. The quantitative estimate of drug-likeness (QED) is 0.550. The standard InChI is InChI=1S/C13H8O2.C4H3F5O2/c14-13-9-5-1-3-7-11(9)15-12-8-4-2-6-10(12)13;5-1-3(6,7)4(8,9)2(10)11/h1-8H;1H2,(H,10,11).